The molecule has 2 N–H and O–H groups in total. The van der Waals surface area contributed by atoms with Crippen molar-refractivity contribution in [2.45, 2.75) is 6.18 Å². The van der Waals surface area contributed by atoms with Crippen molar-refractivity contribution in [3.8, 4) is 17.2 Å². The Morgan fingerprint density at radius 1 is 1.35 bits per heavy atom. The second kappa shape index (κ2) is 6.63. The van der Waals surface area contributed by atoms with E-state index in [2.05, 4.69) is 15.2 Å². The monoisotopic (exact) mass is 385 g/mol. The van der Waals surface area contributed by atoms with E-state index in [-0.39, 0.29) is 33.6 Å². The summed E-state index contributed by atoms with van der Waals surface area (Å²) in [5, 5.41) is 4.96. The van der Waals surface area contributed by atoms with E-state index in [9.17, 15) is 18.0 Å². The van der Waals surface area contributed by atoms with Gasteiger partial charge in [-0.2, -0.15) is 13.2 Å². The molecule has 0 saturated heterocycles. The van der Waals surface area contributed by atoms with Crippen LogP contribution in [0.1, 0.15) is 5.01 Å². The number of nitrogens with two attached hydrogens (primary N) is 1. The van der Waals surface area contributed by atoms with Crippen LogP contribution in [-0.4, -0.2) is 28.3 Å². The summed E-state index contributed by atoms with van der Waals surface area (Å²) in [6.07, 6.45) is -2.01. The van der Waals surface area contributed by atoms with E-state index in [1.54, 1.807) is 0 Å². The third kappa shape index (κ3) is 3.31. The van der Waals surface area contributed by atoms with Gasteiger partial charge in [0.1, 0.15) is 12.0 Å². The lowest BCUT2D eigenvalue weighted by molar-refractivity contribution is -0.138. The number of carbonyl (C=O) groups excluding carboxylic acids is 1. The van der Waals surface area contributed by atoms with Crippen molar-refractivity contribution in [2.75, 3.05) is 12.0 Å². The quantitative estimate of drug-likeness (QED) is 0.737. The van der Waals surface area contributed by atoms with E-state index in [1.807, 2.05) is 0 Å². The fourth-order valence-electron chi connectivity index (χ4n) is 2.10. The number of amides is 2. The number of ether oxygens (including phenoxy) is 1. The second-order valence-corrected chi connectivity index (χ2v) is 5.74. The Morgan fingerprint density at radius 2 is 2.12 bits per heavy atom. The largest absolute Gasteiger partial charge is 0.497 e. The molecule has 2 aromatic heterocycles. The minimum Gasteiger partial charge on any atom is -0.497 e. The molecule has 136 valence electrons. The highest BCUT2D eigenvalue weighted by Gasteiger charge is 2.37. The lowest BCUT2D eigenvalue weighted by atomic mass is 10.1. The van der Waals surface area contributed by atoms with Gasteiger partial charge < -0.3 is 14.9 Å². The first-order chi connectivity index (χ1) is 12.3. The molecule has 0 fully saturated rings. The van der Waals surface area contributed by atoms with Crippen LogP contribution in [0.25, 0.3) is 11.5 Å². The maximum atomic E-state index is 12.8. The molecule has 0 spiro atoms. The standard InChI is InChI=1S/C14H10F3N5O3S/c1-24-7-2-3-9(8(6-7)10-19-4-5-25-10)22(12(18)23)13-21-20-11(26-13)14(15,16)17/h2-6H,1H3,(H2,18,23). The number of carbonyl (C=O) groups is 1. The molecule has 0 atom stereocenters. The van der Waals surface area contributed by atoms with Crippen LogP contribution < -0.4 is 15.4 Å². The van der Waals surface area contributed by atoms with E-state index >= 15 is 0 Å². The highest BCUT2D eigenvalue weighted by atomic mass is 32.1. The van der Waals surface area contributed by atoms with Crippen LogP contribution in [0.3, 0.4) is 0 Å². The number of primary amides is 1. The van der Waals surface area contributed by atoms with E-state index in [0.717, 1.165) is 4.90 Å². The van der Waals surface area contributed by atoms with Gasteiger partial charge in [0.25, 0.3) is 0 Å². The summed E-state index contributed by atoms with van der Waals surface area (Å²) in [6.45, 7) is 0. The van der Waals surface area contributed by atoms with E-state index in [0.29, 0.717) is 5.75 Å². The first-order valence-electron chi connectivity index (χ1n) is 6.89. The summed E-state index contributed by atoms with van der Waals surface area (Å²) in [5.41, 5.74) is 5.77. The van der Waals surface area contributed by atoms with Gasteiger partial charge in [0, 0.05) is 0 Å². The van der Waals surface area contributed by atoms with Gasteiger partial charge in [-0.15, -0.1) is 10.2 Å². The molecule has 2 heterocycles. The molecule has 0 aliphatic heterocycles. The number of urea groups is 1. The highest BCUT2D eigenvalue weighted by molar-refractivity contribution is 7.15. The Hall–Kier alpha value is -3.15. The molecule has 26 heavy (non-hydrogen) atoms. The van der Waals surface area contributed by atoms with Crippen molar-refractivity contribution < 1.29 is 27.1 Å². The van der Waals surface area contributed by atoms with Crippen molar-refractivity contribution in [3.63, 3.8) is 0 Å². The van der Waals surface area contributed by atoms with Crippen molar-refractivity contribution in [1.82, 2.24) is 15.2 Å². The Bertz CT molecular complexity index is 926. The number of aromatic nitrogens is 3. The summed E-state index contributed by atoms with van der Waals surface area (Å²) in [4.78, 5) is 16.7. The van der Waals surface area contributed by atoms with Crippen molar-refractivity contribution in [3.05, 3.63) is 35.7 Å². The molecular weight excluding hydrogens is 375 g/mol. The van der Waals surface area contributed by atoms with Gasteiger partial charge in [0.2, 0.25) is 16.0 Å². The number of benzene rings is 1. The van der Waals surface area contributed by atoms with Crippen molar-refractivity contribution in [2.24, 2.45) is 5.73 Å². The molecule has 0 radical (unpaired) electrons. The summed E-state index contributed by atoms with van der Waals surface area (Å²) >= 11 is 0.183. The van der Waals surface area contributed by atoms with Crippen LogP contribution in [0.5, 0.6) is 5.75 Å². The first kappa shape index (κ1) is 17.7. The molecule has 0 aliphatic carbocycles. The van der Waals surface area contributed by atoms with Crippen LogP contribution in [-0.2, 0) is 6.18 Å². The third-order valence-corrected chi connectivity index (χ3v) is 4.13. The normalized spacial score (nSPS) is 11.4. The lowest BCUT2D eigenvalue weighted by Gasteiger charge is -2.19. The highest BCUT2D eigenvalue weighted by Crippen LogP contribution is 2.40. The molecule has 0 bridgehead atoms. The number of methoxy groups -OCH3 is 1. The average Bonchev–Trinajstić information content (AvgIpc) is 3.26. The maximum Gasteiger partial charge on any atom is 0.445 e. The molecule has 3 rings (SSSR count). The smallest absolute Gasteiger partial charge is 0.445 e. The SMILES string of the molecule is COc1ccc(N(C(N)=O)c2nnc(C(F)(F)F)s2)c(-c2ncco2)c1. The van der Waals surface area contributed by atoms with Gasteiger partial charge in [-0.1, -0.05) is 11.3 Å². The van der Waals surface area contributed by atoms with Crippen molar-refractivity contribution in [1.29, 1.82) is 0 Å². The molecule has 2 amide bonds. The number of hydrogen-bond donors (Lipinski definition) is 1. The predicted molar refractivity (Wildman–Crippen MR) is 85.1 cm³/mol. The van der Waals surface area contributed by atoms with E-state index in [4.69, 9.17) is 14.9 Å². The summed E-state index contributed by atoms with van der Waals surface area (Å²) < 4.78 is 48.8. The zero-order valence-corrected chi connectivity index (χ0v) is 13.8. The Balaban J connectivity index is 2.15. The molecular formula is C14H10F3N5O3S. The van der Waals surface area contributed by atoms with Crippen LogP contribution in [0.15, 0.2) is 35.1 Å². The molecule has 0 unspecified atom stereocenters. The van der Waals surface area contributed by atoms with Crippen LogP contribution >= 0.6 is 11.3 Å². The number of anilines is 2. The molecule has 8 nitrogen and oxygen atoms in total. The second-order valence-electron chi connectivity index (χ2n) is 4.78. The minimum atomic E-state index is -4.69. The van der Waals surface area contributed by atoms with Gasteiger partial charge >= 0.3 is 12.2 Å². The number of oxazole rings is 1. The minimum absolute atomic E-state index is 0.116. The molecule has 0 saturated carbocycles. The molecule has 3 aromatic rings. The Kier molecular flexibility index (Phi) is 4.50. The number of hydrogen-bond acceptors (Lipinski definition) is 7. The van der Waals surface area contributed by atoms with Crippen LogP contribution in [0.2, 0.25) is 0 Å². The fraction of sp³-hybridized carbons (Fsp3) is 0.143. The Labute approximate surface area is 148 Å². The van der Waals surface area contributed by atoms with Gasteiger partial charge in [0.05, 0.1) is 24.6 Å². The molecule has 0 aliphatic rings. The van der Waals surface area contributed by atoms with Gasteiger partial charge in [-0.05, 0) is 18.2 Å². The van der Waals surface area contributed by atoms with E-state index in [1.165, 1.54) is 37.8 Å². The average molecular weight is 385 g/mol. The van der Waals surface area contributed by atoms with Crippen LogP contribution in [0, 0.1) is 0 Å². The number of rotatable bonds is 4. The number of alkyl halides is 3. The zero-order valence-electron chi connectivity index (χ0n) is 13.0. The van der Waals surface area contributed by atoms with Crippen molar-refractivity contribution >= 4 is 28.2 Å². The topological polar surface area (TPSA) is 107 Å². The maximum absolute atomic E-state index is 12.8. The number of nitrogens with zero attached hydrogens (tertiary/aromatic N) is 4. The lowest BCUT2D eigenvalue weighted by Crippen LogP contribution is -2.31. The molecule has 1 aromatic carbocycles. The van der Waals surface area contributed by atoms with Gasteiger partial charge in [-0.25, -0.2) is 14.7 Å². The predicted octanol–water partition coefficient (Wildman–Crippen LogP) is 3.44. The van der Waals surface area contributed by atoms with E-state index < -0.39 is 17.2 Å². The van der Waals surface area contributed by atoms with Gasteiger partial charge in [-0.3, -0.25) is 0 Å². The summed E-state index contributed by atoms with van der Waals surface area (Å²) in [5.74, 6) is 0.533. The first-order valence-corrected chi connectivity index (χ1v) is 7.71. The fourth-order valence-corrected chi connectivity index (χ4v) is 2.83. The summed E-state index contributed by atoms with van der Waals surface area (Å²) in [7, 11) is 1.43. The molecule has 12 heteroatoms. The number of halogens is 3. The Morgan fingerprint density at radius 3 is 2.65 bits per heavy atom. The summed E-state index contributed by atoms with van der Waals surface area (Å²) in [6, 6.07) is 3.39. The zero-order chi connectivity index (χ0) is 18.9. The van der Waals surface area contributed by atoms with Gasteiger partial charge in [0.15, 0.2) is 0 Å². The third-order valence-electron chi connectivity index (χ3n) is 3.18. The van der Waals surface area contributed by atoms with Crippen LogP contribution in [0.4, 0.5) is 28.8 Å².